The average Bonchev–Trinajstić information content (AvgIpc) is 3.00. The molecule has 0 bridgehead atoms. The van der Waals surface area contributed by atoms with Crippen molar-refractivity contribution in [1.29, 1.82) is 0 Å². The number of rotatable bonds is 4. The van der Waals surface area contributed by atoms with Crippen molar-refractivity contribution in [3.05, 3.63) is 107 Å². The van der Waals surface area contributed by atoms with Crippen molar-refractivity contribution in [2.45, 2.75) is 159 Å². The molecule has 0 saturated heterocycles. The number of hydrogen-bond donors (Lipinski definition) is 0. The molecule has 0 nitrogen and oxygen atoms in total. The monoisotopic (exact) mass is 683 g/mol. The van der Waals surface area contributed by atoms with E-state index in [0.717, 1.165) is 6.42 Å². The van der Waals surface area contributed by atoms with E-state index in [0.29, 0.717) is 0 Å². The summed E-state index contributed by atoms with van der Waals surface area (Å²) < 4.78 is 0. The van der Waals surface area contributed by atoms with Crippen molar-refractivity contribution >= 4 is 21.5 Å². The fraction of sp³-hybridized carbons (Fsp3) is 0.490. The Morgan fingerprint density at radius 2 is 0.745 bits per heavy atom. The van der Waals surface area contributed by atoms with Crippen LogP contribution in [0.5, 0.6) is 0 Å². The molecule has 5 rings (SSSR count). The van der Waals surface area contributed by atoms with Crippen molar-refractivity contribution in [2.75, 3.05) is 0 Å². The molecule has 0 aromatic heterocycles. The van der Waals surface area contributed by atoms with Gasteiger partial charge < -0.3 is 0 Å². The molecule has 0 aliphatic rings. The van der Waals surface area contributed by atoms with Crippen LogP contribution in [0.4, 0.5) is 0 Å². The van der Waals surface area contributed by atoms with Crippen LogP contribution < -0.4 is 0 Å². The topological polar surface area (TPSA) is 0 Å². The predicted molar refractivity (Wildman–Crippen MR) is 231 cm³/mol. The summed E-state index contributed by atoms with van der Waals surface area (Å²) >= 11 is 0. The number of hydrogen-bond acceptors (Lipinski definition) is 0. The lowest BCUT2D eigenvalue weighted by Crippen LogP contribution is -2.13. The zero-order valence-corrected chi connectivity index (χ0v) is 35.6. The largest absolute Gasteiger partial charge is 0.0654 e. The van der Waals surface area contributed by atoms with Crippen molar-refractivity contribution in [3.63, 3.8) is 0 Å². The first-order valence-corrected chi connectivity index (χ1v) is 19.6. The van der Waals surface area contributed by atoms with Crippen molar-refractivity contribution in [2.24, 2.45) is 5.41 Å². The van der Waals surface area contributed by atoms with Crippen LogP contribution in [-0.4, -0.2) is 0 Å². The van der Waals surface area contributed by atoms with Gasteiger partial charge in [0.1, 0.15) is 0 Å². The van der Waals surface area contributed by atoms with E-state index in [4.69, 9.17) is 0 Å². The summed E-state index contributed by atoms with van der Waals surface area (Å²) in [6.07, 6.45) is 3.70. The molecular weight excluding hydrogens is 613 g/mol. The summed E-state index contributed by atoms with van der Waals surface area (Å²) in [7, 11) is 0. The Morgan fingerprint density at radius 1 is 0.373 bits per heavy atom. The molecule has 274 valence electrons. The highest BCUT2D eigenvalue weighted by molar-refractivity contribution is 6.01. The molecule has 0 amide bonds. The predicted octanol–water partition coefficient (Wildman–Crippen LogP) is 15.9. The second-order valence-corrected chi connectivity index (χ2v) is 20.6. The molecule has 0 N–H and O–H groups in total. The van der Waals surface area contributed by atoms with Crippen LogP contribution in [0.15, 0.2) is 78.9 Å². The molecule has 0 spiro atoms. The Bertz CT molecular complexity index is 1970. The van der Waals surface area contributed by atoms with Crippen molar-refractivity contribution in [1.82, 2.24) is 0 Å². The smallest absolute Gasteiger partial charge is 0.0102 e. The molecule has 5 aromatic rings. The van der Waals surface area contributed by atoms with Gasteiger partial charge in [0.15, 0.2) is 0 Å². The first-order valence-electron chi connectivity index (χ1n) is 19.6. The van der Waals surface area contributed by atoms with Gasteiger partial charge in [-0.25, -0.2) is 0 Å². The maximum absolute atomic E-state index is 2.47. The van der Waals surface area contributed by atoms with Gasteiger partial charge in [-0.3, -0.25) is 0 Å². The molecule has 0 unspecified atom stereocenters. The van der Waals surface area contributed by atoms with Crippen LogP contribution >= 0.6 is 0 Å². The Morgan fingerprint density at radius 3 is 1.14 bits per heavy atom. The van der Waals surface area contributed by atoms with Gasteiger partial charge in [0.25, 0.3) is 0 Å². The second-order valence-electron chi connectivity index (χ2n) is 20.6. The van der Waals surface area contributed by atoms with Crippen LogP contribution in [-0.2, 0) is 28.1 Å². The fourth-order valence-corrected chi connectivity index (χ4v) is 6.69. The standard InChI is InChI=1S/C47H60.C4H10/c1-43(2,3)29-30-16-18-39-31(20-30)23-37(46(10,11)12)27-41(39)32-21-33(25-36(24-32)45(7,8)9)42-28-38(47(13,14)15)26-34-22-35(44(4,5)6)17-19-40(34)42;1-3-4-2/h16-28H,29H2,1-15H3;3-4H2,1-2H3. The SMILES string of the molecule is CC(C)(C)Cc1ccc2c(-c3cc(-c4cc(C(C)(C)C)cc5cc(C(C)(C)C)ccc45)cc(C(C)(C)C)c3)cc(C(C)(C)C)cc2c1.CCCC. The Labute approximate surface area is 313 Å². The molecule has 5 aromatic carbocycles. The minimum Gasteiger partial charge on any atom is -0.0654 e. The van der Waals surface area contributed by atoms with Gasteiger partial charge in [0, 0.05) is 0 Å². The van der Waals surface area contributed by atoms with Crippen LogP contribution in [0, 0.1) is 5.41 Å². The highest BCUT2D eigenvalue weighted by Gasteiger charge is 2.24. The van der Waals surface area contributed by atoms with Crippen LogP contribution in [0.2, 0.25) is 0 Å². The summed E-state index contributed by atoms with van der Waals surface area (Å²) in [5, 5.41) is 5.32. The van der Waals surface area contributed by atoms with Gasteiger partial charge in [-0.1, -0.05) is 191 Å². The van der Waals surface area contributed by atoms with E-state index >= 15 is 0 Å². The molecule has 0 radical (unpaired) electrons. The summed E-state index contributed by atoms with van der Waals surface area (Å²) in [6, 6.07) is 31.5. The van der Waals surface area contributed by atoms with Crippen LogP contribution in [0.1, 0.15) is 158 Å². The highest BCUT2D eigenvalue weighted by atomic mass is 14.3. The maximum Gasteiger partial charge on any atom is -0.0102 e. The normalized spacial score (nSPS) is 13.0. The third-order valence-electron chi connectivity index (χ3n) is 10.2. The molecule has 0 atom stereocenters. The number of unbranched alkanes of at least 4 members (excludes halogenated alkanes) is 1. The average molecular weight is 683 g/mol. The quantitative estimate of drug-likeness (QED) is 0.177. The van der Waals surface area contributed by atoms with Gasteiger partial charge in [-0.2, -0.15) is 0 Å². The van der Waals surface area contributed by atoms with Crippen molar-refractivity contribution in [3.8, 4) is 22.3 Å². The maximum atomic E-state index is 2.47. The summed E-state index contributed by atoms with van der Waals surface area (Å²) in [6.45, 7) is 39.3. The van der Waals surface area contributed by atoms with E-state index in [9.17, 15) is 0 Å². The first-order chi connectivity index (χ1) is 23.3. The lowest BCUT2D eigenvalue weighted by Gasteiger charge is -2.26. The lowest BCUT2D eigenvalue weighted by atomic mass is 9.78. The van der Waals surface area contributed by atoms with Crippen LogP contribution in [0.3, 0.4) is 0 Å². The molecular formula is C51H70. The van der Waals surface area contributed by atoms with E-state index in [1.165, 1.54) is 84.5 Å². The van der Waals surface area contributed by atoms with Crippen LogP contribution in [0.25, 0.3) is 43.8 Å². The third-order valence-corrected chi connectivity index (χ3v) is 10.2. The Balaban J connectivity index is 0.00000138. The zero-order chi connectivity index (χ0) is 38.3. The molecule has 51 heavy (non-hydrogen) atoms. The highest BCUT2D eigenvalue weighted by Crippen LogP contribution is 2.42. The minimum atomic E-state index is -0.00107. The molecule has 0 saturated carbocycles. The molecule has 0 heterocycles. The van der Waals surface area contributed by atoms with E-state index in [1.54, 1.807) is 0 Å². The molecule has 0 fully saturated rings. The van der Waals surface area contributed by atoms with E-state index in [-0.39, 0.29) is 27.1 Å². The van der Waals surface area contributed by atoms with Gasteiger partial charge in [0.05, 0.1) is 0 Å². The molecule has 0 aliphatic carbocycles. The number of benzene rings is 5. The van der Waals surface area contributed by atoms with Gasteiger partial charge in [0.2, 0.25) is 0 Å². The fourth-order valence-electron chi connectivity index (χ4n) is 6.69. The zero-order valence-electron chi connectivity index (χ0n) is 35.6. The van der Waals surface area contributed by atoms with E-state index in [2.05, 4.69) is 197 Å². The summed E-state index contributed by atoms with van der Waals surface area (Å²) in [4.78, 5) is 0. The van der Waals surface area contributed by atoms with Crippen molar-refractivity contribution < 1.29 is 0 Å². The van der Waals surface area contributed by atoms with E-state index in [1.807, 2.05) is 0 Å². The summed E-state index contributed by atoms with van der Waals surface area (Å²) in [5.74, 6) is 0. The molecule has 0 heteroatoms. The van der Waals surface area contributed by atoms with Gasteiger partial charge >= 0.3 is 0 Å². The minimum absolute atomic E-state index is 0.00107. The lowest BCUT2D eigenvalue weighted by molar-refractivity contribution is 0.411. The van der Waals surface area contributed by atoms with E-state index < -0.39 is 0 Å². The third kappa shape index (κ3) is 9.94. The number of fused-ring (bicyclic) bond motifs is 2. The Hall–Kier alpha value is -3.38. The first kappa shape index (κ1) is 40.4. The second kappa shape index (κ2) is 14.6. The molecule has 0 aliphatic heterocycles. The van der Waals surface area contributed by atoms with Gasteiger partial charge in [-0.05, 0) is 123 Å². The Kier molecular flexibility index (Phi) is 11.5. The summed E-state index contributed by atoms with van der Waals surface area (Å²) in [5.41, 5.74) is 12.6. The van der Waals surface area contributed by atoms with Gasteiger partial charge in [-0.15, -0.1) is 0 Å².